The van der Waals surface area contributed by atoms with E-state index in [-0.39, 0.29) is 23.8 Å². The van der Waals surface area contributed by atoms with E-state index < -0.39 is 5.54 Å². The molecule has 8 nitrogen and oxygen atoms in total. The molecule has 1 atom stereocenters. The van der Waals surface area contributed by atoms with E-state index in [1.807, 2.05) is 21.6 Å². The zero-order valence-corrected chi connectivity index (χ0v) is 17.3. The molecule has 0 aromatic heterocycles. The van der Waals surface area contributed by atoms with E-state index in [1.165, 1.54) is 19.3 Å². The van der Waals surface area contributed by atoms with Crippen LogP contribution in [-0.2, 0) is 9.59 Å². The molecule has 4 rings (SSSR count). The first-order valence-electron chi connectivity index (χ1n) is 11.1. The van der Waals surface area contributed by atoms with Gasteiger partial charge in [0.2, 0.25) is 11.8 Å². The molecule has 0 aromatic carbocycles. The number of likely N-dealkylation sites (tertiary alicyclic amines) is 1. The SMILES string of the molecule is CC(=O)N1CCC(C(=O)N[C@H](C2=CN(C3(C#N)CC3)[NH2+]N2)C2CCCCC2)CC1. The first kappa shape index (κ1) is 20.0. The van der Waals surface area contributed by atoms with E-state index in [9.17, 15) is 14.9 Å². The minimum Gasteiger partial charge on any atom is -0.347 e. The van der Waals surface area contributed by atoms with Gasteiger partial charge in [0.25, 0.3) is 0 Å². The van der Waals surface area contributed by atoms with E-state index in [2.05, 4.69) is 16.8 Å². The van der Waals surface area contributed by atoms with Crippen LogP contribution in [0, 0.1) is 23.2 Å². The van der Waals surface area contributed by atoms with Crippen LogP contribution < -0.4 is 16.3 Å². The lowest BCUT2D eigenvalue weighted by Crippen LogP contribution is -2.98. The van der Waals surface area contributed by atoms with Gasteiger partial charge < -0.3 is 10.2 Å². The summed E-state index contributed by atoms with van der Waals surface area (Å²) < 4.78 is 0. The van der Waals surface area contributed by atoms with Crippen molar-refractivity contribution in [3.63, 3.8) is 0 Å². The minimum absolute atomic E-state index is 0.0346. The maximum Gasteiger partial charge on any atom is 0.223 e. The van der Waals surface area contributed by atoms with Crippen molar-refractivity contribution in [3.8, 4) is 6.07 Å². The Morgan fingerprint density at radius 1 is 1.24 bits per heavy atom. The molecular weight excluding hydrogens is 368 g/mol. The second kappa shape index (κ2) is 8.23. The zero-order valence-electron chi connectivity index (χ0n) is 17.3. The number of nitrogens with zero attached hydrogens (tertiary/aromatic N) is 3. The predicted molar refractivity (Wildman–Crippen MR) is 106 cm³/mol. The molecule has 1 saturated heterocycles. The molecule has 2 aliphatic heterocycles. The summed E-state index contributed by atoms with van der Waals surface area (Å²) in [6, 6.07) is 2.39. The van der Waals surface area contributed by atoms with Gasteiger partial charge in [0.1, 0.15) is 5.70 Å². The number of hydrogen-bond donors (Lipinski definition) is 3. The van der Waals surface area contributed by atoms with Gasteiger partial charge in [0, 0.05) is 25.9 Å². The van der Waals surface area contributed by atoms with E-state index in [0.29, 0.717) is 19.0 Å². The van der Waals surface area contributed by atoms with Gasteiger partial charge in [0.05, 0.1) is 18.3 Å². The molecule has 0 radical (unpaired) electrons. The molecule has 2 amide bonds. The minimum atomic E-state index is -0.393. The number of nitrogens with one attached hydrogen (secondary N) is 2. The summed E-state index contributed by atoms with van der Waals surface area (Å²) in [5, 5.41) is 14.8. The zero-order chi connectivity index (χ0) is 20.4. The summed E-state index contributed by atoms with van der Waals surface area (Å²) in [5.41, 5.74) is 5.86. The van der Waals surface area contributed by atoms with E-state index in [0.717, 1.165) is 44.2 Å². The molecule has 158 valence electrons. The Balaban J connectivity index is 1.44. The third kappa shape index (κ3) is 4.20. The topological polar surface area (TPSA) is 105 Å². The van der Waals surface area contributed by atoms with Crippen LogP contribution in [0.3, 0.4) is 0 Å². The van der Waals surface area contributed by atoms with Crippen molar-refractivity contribution < 1.29 is 15.1 Å². The van der Waals surface area contributed by atoms with E-state index in [1.54, 1.807) is 6.92 Å². The Labute approximate surface area is 172 Å². The fourth-order valence-corrected chi connectivity index (χ4v) is 4.98. The molecule has 3 fully saturated rings. The fourth-order valence-electron chi connectivity index (χ4n) is 4.98. The monoisotopic (exact) mass is 401 g/mol. The van der Waals surface area contributed by atoms with Crippen molar-refractivity contribution in [2.24, 2.45) is 11.8 Å². The fraction of sp³-hybridized carbons (Fsp3) is 0.762. The smallest absolute Gasteiger partial charge is 0.223 e. The highest BCUT2D eigenvalue weighted by Gasteiger charge is 2.53. The summed E-state index contributed by atoms with van der Waals surface area (Å²) >= 11 is 0. The summed E-state index contributed by atoms with van der Waals surface area (Å²) in [6.45, 7) is 2.91. The lowest BCUT2D eigenvalue weighted by atomic mass is 9.82. The van der Waals surface area contributed by atoms with Crippen LogP contribution >= 0.6 is 0 Å². The van der Waals surface area contributed by atoms with Crippen LogP contribution in [0.5, 0.6) is 0 Å². The lowest BCUT2D eigenvalue weighted by molar-refractivity contribution is -0.829. The van der Waals surface area contributed by atoms with Crippen molar-refractivity contribution >= 4 is 11.8 Å². The van der Waals surface area contributed by atoms with Gasteiger partial charge in [-0.2, -0.15) is 10.3 Å². The van der Waals surface area contributed by atoms with Gasteiger partial charge in [-0.3, -0.25) is 9.59 Å². The van der Waals surface area contributed by atoms with Crippen LogP contribution in [0.25, 0.3) is 0 Å². The second-order valence-electron chi connectivity index (χ2n) is 9.07. The van der Waals surface area contributed by atoms with Crippen LogP contribution in [-0.4, -0.2) is 46.4 Å². The van der Waals surface area contributed by atoms with Crippen molar-refractivity contribution in [1.29, 1.82) is 5.26 Å². The molecule has 4 aliphatic rings. The quantitative estimate of drug-likeness (QED) is 0.582. The number of quaternary nitrogens is 1. The third-order valence-electron chi connectivity index (χ3n) is 7.14. The van der Waals surface area contributed by atoms with Gasteiger partial charge in [0.15, 0.2) is 5.54 Å². The van der Waals surface area contributed by atoms with E-state index >= 15 is 0 Å². The van der Waals surface area contributed by atoms with Crippen molar-refractivity contribution in [2.45, 2.75) is 76.3 Å². The van der Waals surface area contributed by atoms with Gasteiger partial charge >= 0.3 is 0 Å². The Morgan fingerprint density at radius 3 is 2.52 bits per heavy atom. The second-order valence-corrected chi connectivity index (χ2v) is 9.07. The molecule has 2 aliphatic carbocycles. The molecule has 2 heterocycles. The molecule has 0 bridgehead atoms. The maximum absolute atomic E-state index is 13.1. The average Bonchev–Trinajstić information content (AvgIpc) is 3.41. The van der Waals surface area contributed by atoms with Crippen LogP contribution in [0.15, 0.2) is 11.9 Å². The third-order valence-corrected chi connectivity index (χ3v) is 7.14. The first-order valence-corrected chi connectivity index (χ1v) is 11.1. The van der Waals surface area contributed by atoms with Crippen molar-refractivity contribution in [3.05, 3.63) is 11.9 Å². The Kier molecular flexibility index (Phi) is 5.68. The number of rotatable bonds is 5. The highest BCUT2D eigenvalue weighted by Crippen LogP contribution is 2.40. The van der Waals surface area contributed by atoms with Gasteiger partial charge in [-0.15, -0.1) is 5.53 Å². The lowest BCUT2D eigenvalue weighted by Gasteiger charge is -2.34. The number of amides is 2. The van der Waals surface area contributed by atoms with E-state index in [4.69, 9.17) is 0 Å². The first-order chi connectivity index (χ1) is 14.0. The summed E-state index contributed by atoms with van der Waals surface area (Å²) in [7, 11) is 0. The predicted octanol–water partition coefficient (Wildman–Crippen LogP) is 0.506. The number of hydrogen-bond acceptors (Lipinski definition) is 5. The Bertz CT molecular complexity index is 711. The summed E-state index contributed by atoms with van der Waals surface area (Å²) in [6.07, 6.45) is 11.2. The molecule has 0 spiro atoms. The molecule has 8 heteroatoms. The normalized spacial score (nSPS) is 25.6. The largest absolute Gasteiger partial charge is 0.347 e. The number of carbonyl (C=O) groups is 2. The number of nitriles is 1. The summed E-state index contributed by atoms with van der Waals surface area (Å²) in [5.74, 6) is 0.583. The molecule has 2 saturated carbocycles. The number of nitrogens with two attached hydrogens (primary N) is 1. The number of carbonyl (C=O) groups excluding carboxylic acids is 2. The summed E-state index contributed by atoms with van der Waals surface area (Å²) in [4.78, 5) is 26.5. The van der Waals surface area contributed by atoms with Gasteiger partial charge in [-0.1, -0.05) is 19.3 Å². The van der Waals surface area contributed by atoms with Crippen LogP contribution in [0.4, 0.5) is 0 Å². The molecule has 0 unspecified atom stereocenters. The highest BCUT2D eigenvalue weighted by molar-refractivity contribution is 5.80. The standard InChI is InChI=1S/C21H32N6O2/c1-15(28)26-11-7-17(8-12-26)20(29)23-19(16-5-3-2-4-6-16)18-13-27(25-24-18)21(14-22)9-10-21/h13,16-17,19,24-25H,2-12H2,1H3,(H,23,29)/p+1/t19-/m0/s1. The molecular formula is C21H33N6O2+. The van der Waals surface area contributed by atoms with Gasteiger partial charge in [-0.25, -0.2) is 5.43 Å². The van der Waals surface area contributed by atoms with Crippen LogP contribution in [0.2, 0.25) is 0 Å². The molecule has 4 N–H and O–H groups in total. The van der Waals surface area contributed by atoms with Crippen molar-refractivity contribution in [1.82, 2.24) is 20.7 Å². The van der Waals surface area contributed by atoms with Crippen molar-refractivity contribution in [2.75, 3.05) is 13.1 Å². The number of piperidine rings is 1. The Hall–Kier alpha value is -2.27. The average molecular weight is 402 g/mol. The maximum atomic E-state index is 13.1. The highest BCUT2D eigenvalue weighted by atomic mass is 16.2. The molecule has 0 aromatic rings. The Morgan fingerprint density at radius 2 is 1.93 bits per heavy atom. The van der Waals surface area contributed by atoms with Gasteiger partial charge in [-0.05, 0) is 44.4 Å². The molecule has 29 heavy (non-hydrogen) atoms. The van der Waals surface area contributed by atoms with Crippen LogP contribution in [0.1, 0.15) is 64.7 Å².